The summed E-state index contributed by atoms with van der Waals surface area (Å²) >= 11 is 0. The molecular weight excluding hydrogens is 579 g/mol. The summed E-state index contributed by atoms with van der Waals surface area (Å²) in [6.45, 7) is 1.37. The summed E-state index contributed by atoms with van der Waals surface area (Å²) in [6.07, 6.45) is 16.5. The number of fused-ring (bicyclic) bond motifs is 1. The smallest absolute Gasteiger partial charge is 0.424 e. The fraction of sp³-hybridized carbons (Fsp3) is 0.833. The number of halogens is 3. The highest BCUT2D eigenvalue weighted by molar-refractivity contribution is 5.78. The van der Waals surface area contributed by atoms with Crippen LogP contribution >= 0.6 is 0 Å². The van der Waals surface area contributed by atoms with Crippen molar-refractivity contribution in [2.45, 2.75) is 165 Å². The van der Waals surface area contributed by atoms with Gasteiger partial charge in [0.2, 0.25) is 11.5 Å². The lowest BCUT2D eigenvalue weighted by Gasteiger charge is -2.33. The second-order valence-corrected chi connectivity index (χ2v) is 14.5. The number of hydrogen-bond acceptors (Lipinski definition) is 5. The quantitative estimate of drug-likeness (QED) is 0.291. The summed E-state index contributed by atoms with van der Waals surface area (Å²) in [6, 6.07) is 1.35. The third kappa shape index (κ3) is 9.36. The first-order chi connectivity index (χ1) is 21.6. The van der Waals surface area contributed by atoms with Crippen LogP contribution in [0.1, 0.15) is 165 Å². The second-order valence-electron chi connectivity index (χ2n) is 14.5. The number of pyridine rings is 1. The zero-order chi connectivity index (χ0) is 32.3. The maximum absolute atomic E-state index is 14.9. The van der Waals surface area contributed by atoms with Crippen LogP contribution in [0.4, 0.5) is 13.2 Å². The van der Waals surface area contributed by atoms with E-state index in [0.717, 1.165) is 89.9 Å². The van der Waals surface area contributed by atoms with Crippen molar-refractivity contribution in [3.8, 4) is 5.75 Å². The van der Waals surface area contributed by atoms with Crippen LogP contribution < -0.4 is 15.8 Å². The molecule has 2 aliphatic carbocycles. The molecule has 1 amide bonds. The summed E-state index contributed by atoms with van der Waals surface area (Å²) in [7, 11) is 0. The summed E-state index contributed by atoms with van der Waals surface area (Å²) in [5.74, 6) is -0.297. The van der Waals surface area contributed by atoms with Crippen molar-refractivity contribution >= 4 is 5.91 Å². The van der Waals surface area contributed by atoms with Crippen molar-refractivity contribution in [1.29, 1.82) is 0 Å². The number of rotatable bonds is 6. The van der Waals surface area contributed by atoms with E-state index in [4.69, 9.17) is 10.5 Å². The number of aliphatic hydroxyl groups is 1. The van der Waals surface area contributed by atoms with E-state index in [0.29, 0.717) is 29.8 Å². The van der Waals surface area contributed by atoms with Crippen LogP contribution in [-0.2, 0) is 15.8 Å². The fourth-order valence-corrected chi connectivity index (χ4v) is 7.50. The summed E-state index contributed by atoms with van der Waals surface area (Å²) < 4.78 is 51.0. The predicted octanol–water partition coefficient (Wildman–Crippen LogP) is 8.48. The van der Waals surface area contributed by atoms with Crippen LogP contribution in [-0.4, -0.2) is 41.9 Å². The molecule has 3 aliphatic rings. The van der Waals surface area contributed by atoms with Gasteiger partial charge in [-0.1, -0.05) is 116 Å². The monoisotopic (exact) mass is 637 g/mol. The van der Waals surface area contributed by atoms with E-state index in [1.807, 2.05) is 6.92 Å². The SMILES string of the molecule is C[C@]1(CN)COc2c1cc(C(O)(CNC(=O)C1CCCCCCCCCC1)C(F)(F)F)nc2C1CCCCCCCCCCC1. The minimum atomic E-state index is -5.06. The Bertz CT molecular complexity index is 1060. The number of nitrogens with two attached hydrogens (primary N) is 1. The topological polar surface area (TPSA) is 97.5 Å². The Morgan fingerprint density at radius 1 is 0.889 bits per heavy atom. The molecule has 4 N–H and O–H groups in total. The van der Waals surface area contributed by atoms with Gasteiger partial charge in [0.1, 0.15) is 5.75 Å². The van der Waals surface area contributed by atoms with Gasteiger partial charge >= 0.3 is 6.18 Å². The third-order valence-corrected chi connectivity index (χ3v) is 10.8. The normalized spacial score (nSPS) is 25.5. The van der Waals surface area contributed by atoms with Crippen LogP contribution in [0, 0.1) is 5.92 Å². The first-order valence-electron chi connectivity index (χ1n) is 18.0. The van der Waals surface area contributed by atoms with Gasteiger partial charge in [-0.15, -0.1) is 0 Å². The number of nitrogens with zero attached hydrogens (tertiary/aromatic N) is 1. The molecule has 1 aromatic rings. The van der Waals surface area contributed by atoms with Gasteiger partial charge in [-0.25, -0.2) is 0 Å². The van der Waals surface area contributed by atoms with E-state index in [-0.39, 0.29) is 25.0 Å². The van der Waals surface area contributed by atoms with Gasteiger partial charge in [-0.2, -0.15) is 13.2 Å². The van der Waals surface area contributed by atoms with Crippen LogP contribution in [0.25, 0.3) is 0 Å². The zero-order valence-electron chi connectivity index (χ0n) is 27.6. The standard InChI is InChI=1S/C36H58F3N3O3/c1-34(24-40)26-45-32-29(34)23-30(42-31(32)27-19-15-11-7-3-2-4-8-12-16-20-27)35(44,36(37,38)39)25-41-33(43)28-21-17-13-9-5-6-10-14-18-22-28/h23,27-28,44H,2-22,24-26,40H2,1H3,(H,41,43)/t34-,35?/m0/s1. The van der Waals surface area contributed by atoms with Gasteiger partial charge in [0.15, 0.2) is 0 Å². The molecule has 1 aromatic heterocycles. The van der Waals surface area contributed by atoms with Crippen molar-refractivity contribution in [2.24, 2.45) is 11.7 Å². The van der Waals surface area contributed by atoms with Crippen molar-refractivity contribution in [2.75, 3.05) is 19.7 Å². The Balaban J connectivity index is 1.65. The van der Waals surface area contributed by atoms with Crippen molar-refractivity contribution in [3.05, 3.63) is 23.0 Å². The molecule has 0 radical (unpaired) electrons. The van der Waals surface area contributed by atoms with Crippen molar-refractivity contribution < 1.29 is 27.8 Å². The number of carbonyl (C=O) groups excluding carboxylic acids is 1. The minimum absolute atomic E-state index is 0.0719. The average Bonchev–Trinajstić information content (AvgIpc) is 3.32. The Morgan fingerprint density at radius 3 is 1.82 bits per heavy atom. The van der Waals surface area contributed by atoms with Crippen LogP contribution in [0.5, 0.6) is 5.75 Å². The highest BCUT2D eigenvalue weighted by atomic mass is 19.4. The number of hydrogen-bond donors (Lipinski definition) is 3. The van der Waals surface area contributed by atoms with E-state index in [2.05, 4.69) is 10.3 Å². The first-order valence-corrected chi connectivity index (χ1v) is 18.0. The summed E-state index contributed by atoms with van der Waals surface area (Å²) in [5.41, 5.74) is 2.74. The summed E-state index contributed by atoms with van der Waals surface area (Å²) in [5, 5.41) is 14.1. The average molecular weight is 638 g/mol. The second kappa shape index (κ2) is 16.8. The van der Waals surface area contributed by atoms with Crippen molar-refractivity contribution in [3.63, 3.8) is 0 Å². The number of ether oxygens (including phenoxy) is 1. The molecule has 0 aromatic carbocycles. The fourth-order valence-electron chi connectivity index (χ4n) is 7.50. The molecule has 0 saturated heterocycles. The molecule has 2 atom stereocenters. The van der Waals surface area contributed by atoms with Gasteiger partial charge in [0, 0.05) is 29.4 Å². The third-order valence-electron chi connectivity index (χ3n) is 10.8. The van der Waals surface area contributed by atoms with Gasteiger partial charge in [-0.3, -0.25) is 9.78 Å². The molecule has 2 saturated carbocycles. The van der Waals surface area contributed by atoms with E-state index in [9.17, 15) is 23.1 Å². The number of nitrogens with one attached hydrogen (secondary N) is 1. The van der Waals surface area contributed by atoms with Gasteiger partial charge in [0.05, 0.1) is 24.5 Å². The largest absolute Gasteiger partial charge is 0.490 e. The number of alkyl halides is 3. The van der Waals surface area contributed by atoms with Crippen LogP contribution in [0.2, 0.25) is 0 Å². The Kier molecular flexibility index (Phi) is 13.4. The Hall–Kier alpha value is -1.87. The van der Waals surface area contributed by atoms with E-state index < -0.39 is 35.3 Å². The highest BCUT2D eigenvalue weighted by Crippen LogP contribution is 2.48. The van der Waals surface area contributed by atoms with Gasteiger partial charge in [-0.05, 0) is 31.7 Å². The van der Waals surface area contributed by atoms with E-state index >= 15 is 0 Å². The highest BCUT2D eigenvalue weighted by Gasteiger charge is 2.57. The predicted molar refractivity (Wildman–Crippen MR) is 172 cm³/mol. The Morgan fingerprint density at radius 2 is 1.36 bits per heavy atom. The zero-order valence-corrected chi connectivity index (χ0v) is 27.6. The molecule has 0 bridgehead atoms. The van der Waals surface area contributed by atoms with Gasteiger partial charge in [0.25, 0.3) is 0 Å². The molecule has 1 unspecified atom stereocenters. The molecule has 6 nitrogen and oxygen atoms in total. The maximum Gasteiger partial charge on any atom is 0.424 e. The number of aromatic nitrogens is 1. The molecule has 2 heterocycles. The minimum Gasteiger partial charge on any atom is -0.490 e. The molecular formula is C36H58F3N3O3. The Labute approximate surface area is 268 Å². The molecule has 1 aliphatic heterocycles. The molecule has 45 heavy (non-hydrogen) atoms. The molecule has 256 valence electrons. The lowest BCUT2D eigenvalue weighted by molar-refractivity contribution is -0.265. The molecule has 9 heteroatoms. The number of amides is 1. The molecule has 2 fully saturated rings. The van der Waals surface area contributed by atoms with Gasteiger partial charge < -0.3 is 20.9 Å². The lowest BCUT2D eigenvalue weighted by atomic mass is 9.81. The molecule has 0 spiro atoms. The van der Waals surface area contributed by atoms with E-state index in [1.54, 1.807) is 0 Å². The molecule has 4 rings (SSSR count). The first kappa shape index (κ1) is 36.0. The van der Waals surface area contributed by atoms with E-state index in [1.165, 1.54) is 38.2 Å². The lowest BCUT2D eigenvalue weighted by Crippen LogP contribution is -2.52. The summed E-state index contributed by atoms with van der Waals surface area (Å²) in [4.78, 5) is 18.0. The number of carbonyl (C=O) groups is 1. The van der Waals surface area contributed by atoms with Crippen molar-refractivity contribution in [1.82, 2.24) is 10.3 Å². The maximum atomic E-state index is 14.9. The van der Waals surface area contributed by atoms with Crippen LogP contribution in [0.15, 0.2) is 6.07 Å². The van der Waals surface area contributed by atoms with Crippen LogP contribution in [0.3, 0.4) is 0 Å².